The van der Waals surface area contributed by atoms with Crippen molar-refractivity contribution in [3.63, 3.8) is 0 Å². The highest BCUT2D eigenvalue weighted by Crippen LogP contribution is 2.42. The fraction of sp³-hybridized carbons (Fsp3) is 0.353. The van der Waals surface area contributed by atoms with E-state index < -0.39 is 0 Å². The zero-order valence-electron chi connectivity index (χ0n) is 12.3. The van der Waals surface area contributed by atoms with Crippen molar-refractivity contribution < 1.29 is 4.79 Å². The summed E-state index contributed by atoms with van der Waals surface area (Å²) in [4.78, 5) is 14.0. The van der Waals surface area contributed by atoms with Gasteiger partial charge in [-0.15, -0.1) is 11.3 Å². The lowest BCUT2D eigenvalue weighted by atomic mass is 9.88. The molecule has 1 aromatic heterocycles. The van der Waals surface area contributed by atoms with Crippen LogP contribution in [0.2, 0.25) is 0 Å². The first-order valence-corrected chi connectivity index (χ1v) is 9.20. The van der Waals surface area contributed by atoms with Crippen molar-refractivity contribution in [2.24, 2.45) is 5.92 Å². The first kappa shape index (κ1) is 14.3. The number of carbonyl (C=O) groups is 1. The Morgan fingerprint density at radius 1 is 1.32 bits per heavy atom. The molecule has 114 valence electrons. The van der Waals surface area contributed by atoms with Crippen molar-refractivity contribution in [2.75, 3.05) is 5.32 Å². The van der Waals surface area contributed by atoms with E-state index >= 15 is 0 Å². The highest BCUT2D eigenvalue weighted by molar-refractivity contribution is 9.10. The number of carbonyl (C=O) groups excluding carboxylic acids is 1. The SMILES string of the molecule is C[C@H]1CCc2c(sc3c2C(=O)N[C@@H](c2cccc(Br)c2)N3)C1. The number of nitrogens with one attached hydrogen (secondary N) is 2. The minimum absolute atomic E-state index is 0.0609. The standard InChI is InChI=1S/C17H17BrN2OS/c1-9-5-6-12-13(7-9)22-17-14(12)16(21)19-15(20-17)10-3-2-4-11(18)8-10/h2-4,8-9,15,20H,5-7H2,1H3,(H,19,21)/t9-,15+/m0/s1. The summed E-state index contributed by atoms with van der Waals surface area (Å²) in [6.45, 7) is 2.29. The van der Waals surface area contributed by atoms with Gasteiger partial charge in [0.1, 0.15) is 11.2 Å². The molecule has 0 spiro atoms. The quantitative estimate of drug-likeness (QED) is 0.769. The fourth-order valence-corrected chi connectivity index (χ4v) is 5.17. The highest BCUT2D eigenvalue weighted by Gasteiger charge is 2.32. The van der Waals surface area contributed by atoms with Crippen LogP contribution in [0.4, 0.5) is 5.00 Å². The van der Waals surface area contributed by atoms with E-state index in [9.17, 15) is 4.79 Å². The van der Waals surface area contributed by atoms with Crippen molar-refractivity contribution in [1.82, 2.24) is 5.32 Å². The minimum atomic E-state index is -0.157. The molecule has 1 aliphatic carbocycles. The van der Waals surface area contributed by atoms with Gasteiger partial charge < -0.3 is 10.6 Å². The number of thiophene rings is 1. The Labute approximate surface area is 142 Å². The second-order valence-electron chi connectivity index (χ2n) is 6.16. The number of halogens is 1. The molecule has 2 heterocycles. The smallest absolute Gasteiger partial charge is 0.256 e. The molecule has 0 bridgehead atoms. The molecule has 1 aromatic carbocycles. The van der Waals surface area contributed by atoms with E-state index in [-0.39, 0.29) is 12.1 Å². The molecule has 22 heavy (non-hydrogen) atoms. The van der Waals surface area contributed by atoms with Gasteiger partial charge in [0, 0.05) is 9.35 Å². The van der Waals surface area contributed by atoms with E-state index in [1.165, 1.54) is 16.9 Å². The van der Waals surface area contributed by atoms with Crippen molar-refractivity contribution in [3.8, 4) is 0 Å². The van der Waals surface area contributed by atoms with Crippen LogP contribution in [0.15, 0.2) is 28.7 Å². The van der Waals surface area contributed by atoms with Crippen molar-refractivity contribution in [2.45, 2.75) is 32.4 Å². The molecule has 0 saturated carbocycles. The van der Waals surface area contributed by atoms with Crippen LogP contribution in [-0.2, 0) is 12.8 Å². The maximum absolute atomic E-state index is 12.6. The molecular weight excluding hydrogens is 360 g/mol. The molecule has 0 saturated heterocycles. The third-order valence-corrected chi connectivity index (χ3v) is 6.15. The van der Waals surface area contributed by atoms with Crippen LogP contribution < -0.4 is 10.6 Å². The average molecular weight is 377 g/mol. The number of anilines is 1. The summed E-state index contributed by atoms with van der Waals surface area (Å²) >= 11 is 5.25. The van der Waals surface area contributed by atoms with Crippen LogP contribution in [0.25, 0.3) is 0 Å². The lowest BCUT2D eigenvalue weighted by Gasteiger charge is -2.27. The fourth-order valence-electron chi connectivity index (χ4n) is 3.32. The first-order valence-electron chi connectivity index (χ1n) is 7.59. The summed E-state index contributed by atoms with van der Waals surface area (Å²) in [6.07, 6.45) is 3.15. The number of amides is 1. The monoisotopic (exact) mass is 376 g/mol. The van der Waals surface area contributed by atoms with Gasteiger partial charge in [0.25, 0.3) is 5.91 Å². The van der Waals surface area contributed by atoms with Gasteiger partial charge in [0.2, 0.25) is 0 Å². The Morgan fingerprint density at radius 3 is 3.00 bits per heavy atom. The van der Waals surface area contributed by atoms with Gasteiger partial charge in [-0.3, -0.25) is 4.79 Å². The number of benzene rings is 1. The average Bonchev–Trinajstić information content (AvgIpc) is 2.84. The van der Waals surface area contributed by atoms with E-state index in [2.05, 4.69) is 33.5 Å². The Kier molecular flexibility index (Phi) is 3.50. The number of hydrogen-bond acceptors (Lipinski definition) is 3. The summed E-state index contributed by atoms with van der Waals surface area (Å²) in [5.74, 6) is 0.780. The van der Waals surface area contributed by atoms with Crippen LogP contribution in [-0.4, -0.2) is 5.91 Å². The Morgan fingerprint density at radius 2 is 2.18 bits per heavy atom. The molecular formula is C17H17BrN2OS. The van der Waals surface area contributed by atoms with Gasteiger partial charge in [-0.05, 0) is 48.4 Å². The summed E-state index contributed by atoms with van der Waals surface area (Å²) in [5, 5.41) is 7.64. The van der Waals surface area contributed by atoms with Gasteiger partial charge in [-0.25, -0.2) is 0 Å². The van der Waals surface area contributed by atoms with Gasteiger partial charge in [-0.2, -0.15) is 0 Å². The van der Waals surface area contributed by atoms with Crippen LogP contribution in [0, 0.1) is 5.92 Å². The summed E-state index contributed by atoms with van der Waals surface area (Å²) in [5.41, 5.74) is 3.22. The Hall–Kier alpha value is -1.33. The second kappa shape index (κ2) is 5.39. The third kappa shape index (κ3) is 2.36. The Balaban J connectivity index is 1.71. The van der Waals surface area contributed by atoms with Crippen LogP contribution in [0.1, 0.15) is 45.9 Å². The summed E-state index contributed by atoms with van der Waals surface area (Å²) in [7, 11) is 0. The van der Waals surface area contributed by atoms with E-state index in [4.69, 9.17) is 0 Å². The molecule has 2 atom stereocenters. The van der Waals surface area contributed by atoms with Crippen LogP contribution >= 0.6 is 27.3 Å². The maximum atomic E-state index is 12.6. The normalized spacial score (nSPS) is 23.3. The van der Waals surface area contributed by atoms with Crippen molar-refractivity contribution >= 4 is 38.2 Å². The number of fused-ring (bicyclic) bond motifs is 3. The Bertz CT molecular complexity index is 755. The van der Waals surface area contributed by atoms with Gasteiger partial charge in [-0.1, -0.05) is 35.0 Å². The van der Waals surface area contributed by atoms with E-state index in [0.717, 1.165) is 39.4 Å². The minimum Gasteiger partial charge on any atom is -0.353 e. The second-order valence-corrected chi connectivity index (χ2v) is 8.18. The molecule has 2 aromatic rings. The number of hydrogen-bond donors (Lipinski definition) is 2. The largest absolute Gasteiger partial charge is 0.353 e. The lowest BCUT2D eigenvalue weighted by molar-refractivity contribution is 0.0935. The molecule has 1 aliphatic heterocycles. The van der Waals surface area contributed by atoms with Crippen molar-refractivity contribution in [3.05, 3.63) is 50.3 Å². The zero-order valence-corrected chi connectivity index (χ0v) is 14.7. The molecule has 0 unspecified atom stereocenters. The predicted molar refractivity (Wildman–Crippen MR) is 93.5 cm³/mol. The van der Waals surface area contributed by atoms with E-state index in [1.807, 2.05) is 24.3 Å². The van der Waals surface area contributed by atoms with Crippen molar-refractivity contribution in [1.29, 1.82) is 0 Å². The lowest BCUT2D eigenvalue weighted by Crippen LogP contribution is -2.38. The van der Waals surface area contributed by atoms with E-state index in [1.54, 1.807) is 11.3 Å². The molecule has 5 heteroatoms. The summed E-state index contributed by atoms with van der Waals surface area (Å²) in [6, 6.07) is 8.05. The molecule has 2 aliphatic rings. The summed E-state index contributed by atoms with van der Waals surface area (Å²) < 4.78 is 1.02. The van der Waals surface area contributed by atoms with Crippen LogP contribution in [0.5, 0.6) is 0 Å². The molecule has 0 radical (unpaired) electrons. The number of rotatable bonds is 1. The van der Waals surface area contributed by atoms with E-state index in [0.29, 0.717) is 0 Å². The molecule has 0 fully saturated rings. The van der Waals surface area contributed by atoms with Gasteiger partial charge >= 0.3 is 0 Å². The van der Waals surface area contributed by atoms with Crippen LogP contribution in [0.3, 0.4) is 0 Å². The first-order chi connectivity index (χ1) is 10.6. The highest BCUT2D eigenvalue weighted by atomic mass is 79.9. The molecule has 2 N–H and O–H groups in total. The molecule has 3 nitrogen and oxygen atoms in total. The topological polar surface area (TPSA) is 41.1 Å². The zero-order chi connectivity index (χ0) is 15.3. The van der Waals surface area contributed by atoms with Gasteiger partial charge in [0.15, 0.2) is 0 Å². The molecule has 4 rings (SSSR count). The third-order valence-electron chi connectivity index (χ3n) is 4.47. The van der Waals surface area contributed by atoms with Gasteiger partial charge in [0.05, 0.1) is 5.56 Å². The maximum Gasteiger partial charge on any atom is 0.256 e. The predicted octanol–water partition coefficient (Wildman–Crippen LogP) is 4.49. The molecule has 1 amide bonds.